The first-order chi connectivity index (χ1) is 20.6. The summed E-state index contributed by atoms with van der Waals surface area (Å²) in [4.78, 5) is 61.3. The molecule has 1 aromatic rings. The number of hydrogen-bond donors (Lipinski definition) is 2. The van der Waals surface area contributed by atoms with Crippen LogP contribution in [-0.2, 0) is 30.5 Å². The van der Waals surface area contributed by atoms with Crippen LogP contribution in [0.5, 0.6) is 0 Å². The van der Waals surface area contributed by atoms with Gasteiger partial charge in [0.05, 0.1) is 30.1 Å². The molecule has 3 rings (SSSR count). The number of rotatable bonds is 11. The Hall–Kier alpha value is -3.27. The Labute approximate surface area is 259 Å². The standard InChI is InChI=1S/C33H46N4O5S/c1-5-6-7-8-9-18-29(39)43-20-11-10-15-25-21-28(38)34-22-24-14-12-16-26(35-24)27-17-13-19-33(4,37-27)32(41)36-30(23(2)3)31(40)42-25/h10,12-17,23,25,30H,5-9,11,18-22H2,1-4H3,(H,34,38)(H,36,41)/b15-10+/t25-,30+,33+/m1/s1. The number of fused-ring (bicyclic) bond motifs is 4. The Morgan fingerprint density at radius 2 is 1.98 bits per heavy atom. The molecule has 2 aliphatic heterocycles. The largest absolute Gasteiger partial charge is 0.456 e. The average molecular weight is 611 g/mol. The molecule has 0 aromatic carbocycles. The van der Waals surface area contributed by atoms with Gasteiger partial charge in [-0.25, -0.2) is 9.78 Å². The van der Waals surface area contributed by atoms with Gasteiger partial charge in [-0.05, 0) is 56.4 Å². The number of nitrogens with zero attached hydrogens (tertiary/aromatic N) is 2. The van der Waals surface area contributed by atoms with Crippen LogP contribution in [0.1, 0.15) is 96.9 Å². The van der Waals surface area contributed by atoms with Gasteiger partial charge < -0.3 is 15.4 Å². The molecule has 2 aliphatic rings. The Kier molecular flexibility index (Phi) is 13.6. The number of carbonyl (C=O) groups is 4. The molecule has 0 radical (unpaired) electrons. The highest BCUT2D eigenvalue weighted by Crippen LogP contribution is 2.24. The predicted molar refractivity (Wildman–Crippen MR) is 171 cm³/mol. The van der Waals surface area contributed by atoms with E-state index in [0.717, 1.165) is 12.8 Å². The highest BCUT2D eigenvalue weighted by Gasteiger charge is 2.38. The second-order valence-corrected chi connectivity index (χ2v) is 12.8. The number of ether oxygens (including phenoxy) is 1. The van der Waals surface area contributed by atoms with Gasteiger partial charge in [0.15, 0.2) is 5.12 Å². The van der Waals surface area contributed by atoms with Crippen LogP contribution in [0.3, 0.4) is 0 Å². The maximum absolute atomic E-state index is 13.5. The summed E-state index contributed by atoms with van der Waals surface area (Å²) in [5, 5.41) is 5.91. The van der Waals surface area contributed by atoms with Gasteiger partial charge in [-0.3, -0.25) is 19.4 Å². The molecule has 2 amide bonds. The number of esters is 1. The molecule has 0 spiro atoms. The van der Waals surface area contributed by atoms with E-state index in [1.807, 2.05) is 44.2 Å². The van der Waals surface area contributed by atoms with Crippen molar-refractivity contribution >= 4 is 40.4 Å². The second-order valence-electron chi connectivity index (χ2n) is 11.6. The molecular weight excluding hydrogens is 564 g/mol. The summed E-state index contributed by atoms with van der Waals surface area (Å²) in [5.41, 5.74) is 0.679. The molecule has 0 aliphatic carbocycles. The highest BCUT2D eigenvalue weighted by atomic mass is 32.2. The van der Waals surface area contributed by atoms with Gasteiger partial charge in [0, 0.05) is 12.2 Å². The zero-order valence-electron chi connectivity index (χ0n) is 25.9. The molecule has 3 atom stereocenters. The lowest BCUT2D eigenvalue weighted by Crippen LogP contribution is -2.53. The van der Waals surface area contributed by atoms with E-state index >= 15 is 0 Å². The third kappa shape index (κ3) is 11.1. The minimum atomic E-state index is -1.12. The van der Waals surface area contributed by atoms with Crippen molar-refractivity contribution in [2.45, 2.75) is 110 Å². The van der Waals surface area contributed by atoms with Gasteiger partial charge in [0.25, 0.3) is 0 Å². The molecule has 234 valence electrons. The minimum Gasteiger partial charge on any atom is -0.456 e. The molecule has 1 aromatic heterocycles. The SMILES string of the molecule is CCCCCCCC(=O)SCC/C=C/[C@@H]1CC(=O)NCc2cccc(n2)C2=N[C@@](C)(CC=C2)C(=O)N[C@@H](C(C)C)C(=O)O1. The van der Waals surface area contributed by atoms with Crippen LogP contribution < -0.4 is 10.6 Å². The Balaban J connectivity index is 1.72. The van der Waals surface area contributed by atoms with E-state index in [0.29, 0.717) is 42.1 Å². The topological polar surface area (TPSA) is 127 Å². The maximum Gasteiger partial charge on any atom is 0.329 e. The molecule has 0 unspecified atom stereocenters. The predicted octanol–water partition coefficient (Wildman–Crippen LogP) is 5.23. The van der Waals surface area contributed by atoms with Crippen molar-refractivity contribution < 1.29 is 23.9 Å². The molecule has 0 saturated carbocycles. The number of aromatic nitrogens is 1. The fraction of sp³-hybridized carbons (Fsp3) is 0.576. The van der Waals surface area contributed by atoms with E-state index in [2.05, 4.69) is 22.5 Å². The van der Waals surface area contributed by atoms with Gasteiger partial charge in [0.1, 0.15) is 17.7 Å². The molecule has 4 bridgehead atoms. The monoisotopic (exact) mass is 610 g/mol. The van der Waals surface area contributed by atoms with Crippen LogP contribution in [0.25, 0.3) is 0 Å². The number of pyridine rings is 1. The number of thioether (sulfide) groups is 1. The van der Waals surface area contributed by atoms with Gasteiger partial charge in [-0.2, -0.15) is 0 Å². The van der Waals surface area contributed by atoms with Gasteiger partial charge in [0.2, 0.25) is 11.8 Å². The zero-order chi connectivity index (χ0) is 31.2. The molecule has 43 heavy (non-hydrogen) atoms. The normalized spacial score (nSPS) is 23.1. The molecule has 3 heterocycles. The van der Waals surface area contributed by atoms with Crippen molar-refractivity contribution in [2.24, 2.45) is 10.9 Å². The van der Waals surface area contributed by atoms with Gasteiger partial charge in [-0.1, -0.05) is 76.4 Å². The number of aliphatic imine (C=N–C) groups is 1. The van der Waals surface area contributed by atoms with Crippen molar-refractivity contribution in [3.8, 4) is 0 Å². The number of cyclic esters (lactones) is 1. The van der Waals surface area contributed by atoms with Crippen LogP contribution in [-0.4, -0.2) is 57.0 Å². The van der Waals surface area contributed by atoms with E-state index in [1.54, 1.807) is 19.1 Å². The lowest BCUT2D eigenvalue weighted by atomic mass is 9.92. The minimum absolute atomic E-state index is 0.0856. The first-order valence-corrected chi connectivity index (χ1v) is 16.4. The Morgan fingerprint density at radius 3 is 2.74 bits per heavy atom. The molecular formula is C33H46N4O5S. The van der Waals surface area contributed by atoms with Crippen LogP contribution >= 0.6 is 11.8 Å². The molecule has 2 N–H and O–H groups in total. The molecule has 9 nitrogen and oxygen atoms in total. The summed E-state index contributed by atoms with van der Waals surface area (Å²) >= 11 is 1.31. The van der Waals surface area contributed by atoms with Crippen molar-refractivity contribution in [1.82, 2.24) is 15.6 Å². The smallest absolute Gasteiger partial charge is 0.329 e. The van der Waals surface area contributed by atoms with E-state index in [-0.39, 0.29) is 35.8 Å². The maximum atomic E-state index is 13.5. The summed E-state index contributed by atoms with van der Waals surface area (Å²) in [6.45, 7) is 7.75. The van der Waals surface area contributed by atoms with E-state index in [4.69, 9.17) is 9.73 Å². The van der Waals surface area contributed by atoms with Crippen molar-refractivity contribution in [3.05, 3.63) is 53.9 Å². The number of hydrogen-bond acceptors (Lipinski definition) is 8. The van der Waals surface area contributed by atoms with E-state index < -0.39 is 23.7 Å². The number of dihydropyridines is 1. The molecule has 0 fully saturated rings. The van der Waals surface area contributed by atoms with Crippen LogP contribution in [0.2, 0.25) is 0 Å². The van der Waals surface area contributed by atoms with Crippen LogP contribution in [0, 0.1) is 5.92 Å². The quantitative estimate of drug-likeness (QED) is 0.200. The lowest BCUT2D eigenvalue weighted by Gasteiger charge is -2.30. The molecule has 10 heteroatoms. The number of allylic oxidation sites excluding steroid dienone is 2. The summed E-state index contributed by atoms with van der Waals surface area (Å²) in [6, 6.07) is 4.54. The van der Waals surface area contributed by atoms with Gasteiger partial charge in [-0.15, -0.1) is 0 Å². The van der Waals surface area contributed by atoms with E-state index in [9.17, 15) is 19.2 Å². The summed E-state index contributed by atoms with van der Waals surface area (Å²) in [7, 11) is 0. The summed E-state index contributed by atoms with van der Waals surface area (Å²) in [6.07, 6.45) is 13.4. The van der Waals surface area contributed by atoms with Crippen LogP contribution in [0.15, 0.2) is 47.5 Å². The summed E-state index contributed by atoms with van der Waals surface area (Å²) in [5.74, 6) is -0.953. The lowest BCUT2D eigenvalue weighted by molar-refractivity contribution is -0.153. The first kappa shape index (κ1) is 34.2. The van der Waals surface area contributed by atoms with Crippen molar-refractivity contribution in [2.75, 3.05) is 5.75 Å². The highest BCUT2D eigenvalue weighted by molar-refractivity contribution is 8.13. The van der Waals surface area contributed by atoms with Crippen molar-refractivity contribution in [3.63, 3.8) is 0 Å². The number of unbranched alkanes of at least 4 members (excludes halogenated alkanes) is 4. The van der Waals surface area contributed by atoms with Crippen molar-refractivity contribution in [1.29, 1.82) is 0 Å². The second kappa shape index (κ2) is 17.1. The van der Waals surface area contributed by atoms with Crippen LogP contribution in [0.4, 0.5) is 0 Å². The number of nitrogens with one attached hydrogen (secondary N) is 2. The summed E-state index contributed by atoms with van der Waals surface area (Å²) < 4.78 is 5.80. The fourth-order valence-electron chi connectivity index (χ4n) is 4.80. The average Bonchev–Trinajstić information content (AvgIpc) is 2.97. The third-order valence-electron chi connectivity index (χ3n) is 7.43. The van der Waals surface area contributed by atoms with Gasteiger partial charge >= 0.3 is 5.97 Å². The first-order valence-electron chi connectivity index (χ1n) is 15.4. The number of carbonyl (C=O) groups excluding carboxylic acids is 4. The third-order valence-corrected chi connectivity index (χ3v) is 8.39. The fourth-order valence-corrected chi connectivity index (χ4v) is 5.57. The Bertz CT molecular complexity index is 1230. The van der Waals surface area contributed by atoms with E-state index in [1.165, 1.54) is 31.0 Å². The molecule has 0 saturated heterocycles. The Morgan fingerprint density at radius 1 is 1.19 bits per heavy atom. The number of amides is 2. The zero-order valence-corrected chi connectivity index (χ0v) is 26.7.